The Balaban J connectivity index is 1.97. The summed E-state index contributed by atoms with van der Waals surface area (Å²) in [5.74, 6) is 0. The van der Waals surface area contributed by atoms with Gasteiger partial charge in [-0.1, -0.05) is 24.3 Å². The Kier molecular flexibility index (Phi) is 1.66. The highest BCUT2D eigenvalue weighted by Gasteiger charge is 2.29. The third-order valence-electron chi connectivity index (χ3n) is 3.45. The molecule has 13 heavy (non-hydrogen) atoms. The monoisotopic (exact) mass is 173 g/mol. The summed E-state index contributed by atoms with van der Waals surface area (Å²) in [5, 5.41) is 0. The summed E-state index contributed by atoms with van der Waals surface area (Å²) in [6.45, 7) is 2.51. The molecule has 2 aliphatic rings. The van der Waals surface area contributed by atoms with E-state index < -0.39 is 0 Å². The lowest BCUT2D eigenvalue weighted by molar-refractivity contribution is 0.227. The molecule has 2 heterocycles. The number of hydrogen-bond acceptors (Lipinski definition) is 1. The van der Waals surface area contributed by atoms with E-state index in [2.05, 4.69) is 29.2 Å². The van der Waals surface area contributed by atoms with Crippen molar-refractivity contribution in [3.05, 3.63) is 35.4 Å². The maximum Gasteiger partial charge on any atom is 0.0239 e. The molecule has 1 unspecified atom stereocenters. The van der Waals surface area contributed by atoms with Crippen LogP contribution in [0.3, 0.4) is 0 Å². The van der Waals surface area contributed by atoms with E-state index >= 15 is 0 Å². The summed E-state index contributed by atoms with van der Waals surface area (Å²) in [6.07, 6.45) is 4.10. The van der Waals surface area contributed by atoms with Crippen LogP contribution in [0.5, 0.6) is 0 Å². The van der Waals surface area contributed by atoms with Crippen molar-refractivity contribution in [1.82, 2.24) is 4.90 Å². The van der Waals surface area contributed by atoms with E-state index in [0.29, 0.717) is 0 Å². The van der Waals surface area contributed by atoms with Crippen LogP contribution in [-0.4, -0.2) is 17.5 Å². The van der Waals surface area contributed by atoms with E-state index in [0.717, 1.165) is 6.04 Å². The molecule has 1 fully saturated rings. The zero-order valence-corrected chi connectivity index (χ0v) is 7.87. The van der Waals surface area contributed by atoms with E-state index in [9.17, 15) is 0 Å². The smallest absolute Gasteiger partial charge is 0.0239 e. The number of rotatable bonds is 0. The molecule has 3 rings (SSSR count). The number of nitrogens with zero attached hydrogens (tertiary/aromatic N) is 1. The van der Waals surface area contributed by atoms with Gasteiger partial charge in [0, 0.05) is 12.6 Å². The van der Waals surface area contributed by atoms with Gasteiger partial charge in [-0.25, -0.2) is 0 Å². The Morgan fingerprint density at radius 1 is 1.15 bits per heavy atom. The highest BCUT2D eigenvalue weighted by atomic mass is 15.2. The average Bonchev–Trinajstić information content (AvgIpc) is 2.61. The molecule has 0 aliphatic carbocycles. The summed E-state index contributed by atoms with van der Waals surface area (Å²) < 4.78 is 0. The molecule has 0 amide bonds. The van der Waals surface area contributed by atoms with Crippen molar-refractivity contribution in [3.63, 3.8) is 0 Å². The lowest BCUT2D eigenvalue weighted by Crippen LogP contribution is -2.35. The van der Waals surface area contributed by atoms with E-state index in [4.69, 9.17) is 0 Å². The Bertz CT molecular complexity index is 288. The third-order valence-corrected chi connectivity index (χ3v) is 3.45. The number of benzene rings is 1. The van der Waals surface area contributed by atoms with Crippen molar-refractivity contribution < 1.29 is 0 Å². The molecule has 0 saturated carbocycles. The molecule has 68 valence electrons. The van der Waals surface area contributed by atoms with E-state index in [-0.39, 0.29) is 0 Å². The molecule has 1 heteroatoms. The summed E-state index contributed by atoms with van der Waals surface area (Å²) >= 11 is 0. The standard InChI is InChI=1S/C12H15N/c1-2-5-11-9-13-7-3-6-12(13)8-10(11)4-1/h1-2,4-5,12H,3,6-9H2. The molecule has 1 nitrogen and oxygen atoms in total. The Labute approximate surface area is 79.4 Å². The van der Waals surface area contributed by atoms with Crippen LogP contribution in [0, 0.1) is 0 Å². The van der Waals surface area contributed by atoms with Crippen LogP contribution in [0.15, 0.2) is 24.3 Å². The first-order valence-corrected chi connectivity index (χ1v) is 5.24. The van der Waals surface area contributed by atoms with Gasteiger partial charge in [-0.2, -0.15) is 0 Å². The molecule has 2 aliphatic heterocycles. The second-order valence-electron chi connectivity index (χ2n) is 4.24. The van der Waals surface area contributed by atoms with Gasteiger partial charge >= 0.3 is 0 Å². The molecular weight excluding hydrogens is 158 g/mol. The molecule has 0 spiro atoms. The minimum Gasteiger partial charge on any atom is -0.296 e. The maximum absolute atomic E-state index is 2.64. The highest BCUT2D eigenvalue weighted by Crippen LogP contribution is 2.29. The second kappa shape index (κ2) is 2.85. The molecule has 0 N–H and O–H groups in total. The van der Waals surface area contributed by atoms with Crippen molar-refractivity contribution in [2.45, 2.75) is 31.8 Å². The van der Waals surface area contributed by atoms with E-state index in [1.165, 1.54) is 32.4 Å². The first kappa shape index (κ1) is 7.57. The van der Waals surface area contributed by atoms with Crippen LogP contribution in [0.4, 0.5) is 0 Å². The Hall–Kier alpha value is -0.820. The van der Waals surface area contributed by atoms with Crippen LogP contribution >= 0.6 is 0 Å². The summed E-state index contributed by atoms with van der Waals surface area (Å²) in [5.41, 5.74) is 3.14. The highest BCUT2D eigenvalue weighted by molar-refractivity contribution is 5.30. The molecule has 0 bridgehead atoms. The molecule has 1 saturated heterocycles. The lowest BCUT2D eigenvalue weighted by Gasteiger charge is -2.31. The molecule has 1 aromatic rings. The molecule has 1 aromatic carbocycles. The summed E-state index contributed by atoms with van der Waals surface area (Å²) in [6, 6.07) is 9.77. The molecule has 0 aromatic heterocycles. The van der Waals surface area contributed by atoms with Gasteiger partial charge < -0.3 is 0 Å². The number of hydrogen-bond donors (Lipinski definition) is 0. The quantitative estimate of drug-likeness (QED) is 0.581. The van der Waals surface area contributed by atoms with Gasteiger partial charge in [-0.05, 0) is 36.9 Å². The second-order valence-corrected chi connectivity index (χ2v) is 4.24. The van der Waals surface area contributed by atoms with Gasteiger partial charge in [0.25, 0.3) is 0 Å². The molecule has 1 atom stereocenters. The molecule has 0 radical (unpaired) electrons. The van der Waals surface area contributed by atoms with Crippen LogP contribution in [0.25, 0.3) is 0 Å². The zero-order valence-electron chi connectivity index (χ0n) is 7.87. The average molecular weight is 173 g/mol. The number of fused-ring (bicyclic) bond motifs is 2. The van der Waals surface area contributed by atoms with Crippen molar-refractivity contribution in [3.8, 4) is 0 Å². The van der Waals surface area contributed by atoms with Crippen LogP contribution in [-0.2, 0) is 13.0 Å². The van der Waals surface area contributed by atoms with Gasteiger partial charge in [-0.15, -0.1) is 0 Å². The van der Waals surface area contributed by atoms with E-state index in [1.54, 1.807) is 11.1 Å². The normalized spacial score (nSPS) is 26.9. The predicted octanol–water partition coefficient (Wildman–Crippen LogP) is 2.21. The van der Waals surface area contributed by atoms with Gasteiger partial charge in [0.05, 0.1) is 0 Å². The summed E-state index contributed by atoms with van der Waals surface area (Å²) in [4.78, 5) is 2.64. The van der Waals surface area contributed by atoms with Crippen molar-refractivity contribution >= 4 is 0 Å². The van der Waals surface area contributed by atoms with Gasteiger partial charge in [-0.3, -0.25) is 4.90 Å². The predicted molar refractivity (Wildman–Crippen MR) is 53.6 cm³/mol. The van der Waals surface area contributed by atoms with Crippen molar-refractivity contribution in [2.24, 2.45) is 0 Å². The fraction of sp³-hybridized carbons (Fsp3) is 0.500. The van der Waals surface area contributed by atoms with Crippen LogP contribution < -0.4 is 0 Å². The van der Waals surface area contributed by atoms with Gasteiger partial charge in [0.2, 0.25) is 0 Å². The summed E-state index contributed by atoms with van der Waals surface area (Å²) in [7, 11) is 0. The Morgan fingerprint density at radius 2 is 2.00 bits per heavy atom. The minimum absolute atomic E-state index is 0.856. The minimum atomic E-state index is 0.856. The van der Waals surface area contributed by atoms with Crippen molar-refractivity contribution in [1.29, 1.82) is 0 Å². The lowest BCUT2D eigenvalue weighted by atomic mass is 9.95. The molecular formula is C12H15N. The van der Waals surface area contributed by atoms with Crippen LogP contribution in [0.1, 0.15) is 24.0 Å². The SMILES string of the molecule is c1ccc2c(c1)CC1CCCN1C2. The first-order valence-electron chi connectivity index (χ1n) is 5.24. The fourth-order valence-electron chi connectivity index (χ4n) is 2.72. The topological polar surface area (TPSA) is 3.24 Å². The largest absolute Gasteiger partial charge is 0.296 e. The Morgan fingerprint density at radius 3 is 2.92 bits per heavy atom. The third kappa shape index (κ3) is 1.19. The maximum atomic E-state index is 2.64. The van der Waals surface area contributed by atoms with Crippen molar-refractivity contribution in [2.75, 3.05) is 6.54 Å². The van der Waals surface area contributed by atoms with Gasteiger partial charge in [0.15, 0.2) is 0 Å². The van der Waals surface area contributed by atoms with Crippen LogP contribution in [0.2, 0.25) is 0 Å². The zero-order chi connectivity index (χ0) is 8.67. The van der Waals surface area contributed by atoms with E-state index in [1.807, 2.05) is 0 Å². The first-order chi connectivity index (χ1) is 6.43. The van der Waals surface area contributed by atoms with Gasteiger partial charge in [0.1, 0.15) is 0 Å². The fourth-order valence-corrected chi connectivity index (χ4v) is 2.72.